The lowest BCUT2D eigenvalue weighted by Crippen LogP contribution is -2.50. The zero-order valence-corrected chi connectivity index (χ0v) is 27.2. The lowest BCUT2D eigenvalue weighted by atomic mass is 9.99. The fourth-order valence-corrected chi connectivity index (χ4v) is 7.45. The average Bonchev–Trinajstić information content (AvgIpc) is 3.47. The Morgan fingerprint density at radius 1 is 1.04 bits per heavy atom. The van der Waals surface area contributed by atoms with Crippen LogP contribution in [0.5, 0.6) is 0 Å². The van der Waals surface area contributed by atoms with Crippen LogP contribution in [0, 0.1) is 6.92 Å². The fraction of sp³-hybridized carbons (Fsp3) is 0.371. The van der Waals surface area contributed by atoms with Gasteiger partial charge in [-0.2, -0.15) is 0 Å². The van der Waals surface area contributed by atoms with Gasteiger partial charge < -0.3 is 20.1 Å². The lowest BCUT2D eigenvalue weighted by molar-refractivity contribution is -0.141. The van der Waals surface area contributed by atoms with Crippen molar-refractivity contribution in [3.63, 3.8) is 0 Å². The van der Waals surface area contributed by atoms with Crippen molar-refractivity contribution in [1.29, 1.82) is 0 Å². The van der Waals surface area contributed by atoms with Gasteiger partial charge in [-0.05, 0) is 87.0 Å². The Hall–Kier alpha value is -4.28. The van der Waals surface area contributed by atoms with E-state index in [9.17, 15) is 14.4 Å². The van der Waals surface area contributed by atoms with Gasteiger partial charge in [-0.15, -0.1) is 11.3 Å². The van der Waals surface area contributed by atoms with E-state index >= 15 is 0 Å². The summed E-state index contributed by atoms with van der Waals surface area (Å²) in [6.45, 7) is 6.37. The number of hydrogen-bond donors (Lipinski definition) is 2. The van der Waals surface area contributed by atoms with Crippen LogP contribution in [0.15, 0.2) is 59.5 Å². The number of likely N-dealkylation sites (N-methyl/N-ethyl adjacent to an activating group) is 1. The molecule has 0 bridgehead atoms. The molecule has 0 radical (unpaired) electrons. The standard InChI is InChI=1S/C35H40N6O3S/c1-5-17-41-19-18-39(3)31(34(41)43)23-13-15-25(16-14-23)36-32-35(44)40(4)21-28(37-32)26-10-8-11-27(22(26)2)38-33(42)30-20-24-9-6-7-12-29(24)45-30/h8,10-11,13-16,20-21,31H,5-7,9,12,17-19H2,1-4H3,(H,36,37)(H,38,42)/t31-/m1/s1. The first-order chi connectivity index (χ1) is 21.7. The summed E-state index contributed by atoms with van der Waals surface area (Å²) in [4.78, 5) is 50.3. The Balaban J connectivity index is 1.22. The topological polar surface area (TPSA) is 99.6 Å². The molecule has 2 aliphatic rings. The zero-order chi connectivity index (χ0) is 31.7. The smallest absolute Gasteiger partial charge is 0.293 e. The van der Waals surface area contributed by atoms with Crippen LogP contribution in [0.4, 0.5) is 17.2 Å². The molecule has 1 aliphatic carbocycles. The van der Waals surface area contributed by atoms with Crippen LogP contribution in [0.1, 0.15) is 63.5 Å². The van der Waals surface area contributed by atoms with E-state index in [0.29, 0.717) is 17.1 Å². The van der Waals surface area contributed by atoms with Crippen LogP contribution in [0.25, 0.3) is 11.3 Å². The monoisotopic (exact) mass is 624 g/mol. The highest BCUT2D eigenvalue weighted by Crippen LogP contribution is 2.32. The summed E-state index contributed by atoms with van der Waals surface area (Å²) in [5, 5.41) is 6.30. The van der Waals surface area contributed by atoms with Gasteiger partial charge in [0.1, 0.15) is 6.04 Å². The van der Waals surface area contributed by atoms with E-state index in [1.54, 1.807) is 24.6 Å². The summed E-state index contributed by atoms with van der Waals surface area (Å²) in [6, 6.07) is 15.1. The molecule has 6 rings (SSSR count). The molecule has 3 heterocycles. The van der Waals surface area contributed by atoms with Crippen LogP contribution in [0.3, 0.4) is 0 Å². The number of anilines is 3. The Morgan fingerprint density at radius 3 is 2.58 bits per heavy atom. The van der Waals surface area contributed by atoms with Gasteiger partial charge >= 0.3 is 0 Å². The van der Waals surface area contributed by atoms with Gasteiger partial charge in [0.25, 0.3) is 11.5 Å². The van der Waals surface area contributed by atoms with Gasteiger partial charge in [0.2, 0.25) is 5.91 Å². The quantitative estimate of drug-likeness (QED) is 0.253. The highest BCUT2D eigenvalue weighted by molar-refractivity contribution is 7.14. The SMILES string of the molecule is CCCN1CCN(C)[C@H](c2ccc(Nc3nc(-c4cccc(NC(=O)c5cc6c(s5)CCCC6)c4C)cn(C)c3=O)cc2)C1=O. The van der Waals surface area contributed by atoms with Gasteiger partial charge in [-0.3, -0.25) is 19.3 Å². The minimum atomic E-state index is -0.324. The first kappa shape index (κ1) is 30.7. The minimum Gasteiger partial charge on any atom is -0.340 e. The number of hydrogen-bond acceptors (Lipinski definition) is 7. The Morgan fingerprint density at radius 2 is 1.82 bits per heavy atom. The molecule has 2 aromatic heterocycles. The Kier molecular flexibility index (Phi) is 8.87. The molecule has 4 aromatic rings. The molecule has 0 saturated carbocycles. The molecule has 45 heavy (non-hydrogen) atoms. The zero-order valence-electron chi connectivity index (χ0n) is 26.4. The fourth-order valence-electron chi connectivity index (χ4n) is 6.31. The summed E-state index contributed by atoms with van der Waals surface area (Å²) in [5.41, 5.74) is 5.68. The average molecular weight is 625 g/mol. The highest BCUT2D eigenvalue weighted by Gasteiger charge is 2.33. The van der Waals surface area contributed by atoms with Crippen LogP contribution >= 0.6 is 11.3 Å². The van der Waals surface area contributed by atoms with Gasteiger partial charge in [-0.1, -0.05) is 31.2 Å². The van der Waals surface area contributed by atoms with E-state index in [1.807, 2.05) is 67.4 Å². The molecule has 0 unspecified atom stereocenters. The highest BCUT2D eigenvalue weighted by atomic mass is 32.1. The third kappa shape index (κ3) is 6.30. The van der Waals surface area contributed by atoms with Crippen molar-refractivity contribution in [3.05, 3.63) is 91.5 Å². The van der Waals surface area contributed by atoms with Crippen LogP contribution in [0.2, 0.25) is 0 Å². The molecule has 1 aliphatic heterocycles. The van der Waals surface area contributed by atoms with E-state index in [2.05, 4.69) is 22.5 Å². The number of piperazine rings is 1. The van der Waals surface area contributed by atoms with Crippen LogP contribution in [-0.2, 0) is 24.7 Å². The summed E-state index contributed by atoms with van der Waals surface area (Å²) >= 11 is 1.59. The molecular formula is C35H40N6O3S. The van der Waals surface area contributed by atoms with Gasteiger partial charge in [0.05, 0.1) is 10.6 Å². The van der Waals surface area contributed by atoms with Crippen molar-refractivity contribution >= 4 is 40.3 Å². The van der Waals surface area contributed by atoms with Crippen molar-refractivity contribution in [3.8, 4) is 11.3 Å². The van der Waals surface area contributed by atoms with E-state index in [0.717, 1.165) is 60.5 Å². The molecule has 9 nitrogen and oxygen atoms in total. The maximum atomic E-state index is 13.2. The normalized spacial score (nSPS) is 16.8. The third-order valence-electron chi connectivity index (χ3n) is 8.84. The second-order valence-corrected chi connectivity index (χ2v) is 13.2. The van der Waals surface area contributed by atoms with Crippen LogP contribution in [-0.4, -0.2) is 57.8 Å². The number of nitrogens with one attached hydrogen (secondary N) is 2. The Bertz CT molecular complexity index is 1770. The number of benzene rings is 2. The molecule has 1 fully saturated rings. The number of fused-ring (bicyclic) bond motifs is 1. The largest absolute Gasteiger partial charge is 0.340 e. The van der Waals surface area contributed by atoms with Crippen molar-refractivity contribution in [2.45, 2.75) is 52.0 Å². The van der Waals surface area contributed by atoms with Crippen molar-refractivity contribution in [2.24, 2.45) is 7.05 Å². The number of amides is 2. The van der Waals surface area contributed by atoms with E-state index in [4.69, 9.17) is 4.98 Å². The first-order valence-corrected chi connectivity index (χ1v) is 16.5. The van der Waals surface area contributed by atoms with Crippen molar-refractivity contribution in [1.82, 2.24) is 19.4 Å². The summed E-state index contributed by atoms with van der Waals surface area (Å²) < 4.78 is 1.51. The predicted molar refractivity (Wildman–Crippen MR) is 181 cm³/mol. The van der Waals surface area contributed by atoms with Crippen molar-refractivity contribution in [2.75, 3.05) is 37.3 Å². The molecule has 2 aromatic carbocycles. The van der Waals surface area contributed by atoms with Gasteiger partial charge in [0.15, 0.2) is 5.82 Å². The van der Waals surface area contributed by atoms with Gasteiger partial charge in [0, 0.05) is 54.7 Å². The van der Waals surface area contributed by atoms with E-state index in [1.165, 1.54) is 27.8 Å². The lowest BCUT2D eigenvalue weighted by Gasteiger charge is -2.38. The number of aryl methyl sites for hydroxylation is 3. The number of thiophene rings is 1. The number of carbonyl (C=O) groups excluding carboxylic acids is 2. The van der Waals surface area contributed by atoms with E-state index < -0.39 is 0 Å². The van der Waals surface area contributed by atoms with Gasteiger partial charge in [-0.25, -0.2) is 4.98 Å². The minimum absolute atomic E-state index is 0.104. The molecule has 1 atom stereocenters. The second kappa shape index (κ2) is 13.0. The number of nitrogens with zero attached hydrogens (tertiary/aromatic N) is 4. The summed E-state index contributed by atoms with van der Waals surface area (Å²) in [6.07, 6.45) is 7.10. The summed E-state index contributed by atoms with van der Waals surface area (Å²) in [5.74, 6) is 0.214. The predicted octanol–water partition coefficient (Wildman–Crippen LogP) is 5.92. The second-order valence-electron chi connectivity index (χ2n) is 12.0. The maximum Gasteiger partial charge on any atom is 0.293 e. The number of carbonyl (C=O) groups is 2. The maximum absolute atomic E-state index is 13.2. The molecular weight excluding hydrogens is 584 g/mol. The molecule has 0 spiro atoms. The number of aromatic nitrogens is 2. The first-order valence-electron chi connectivity index (χ1n) is 15.7. The molecule has 234 valence electrons. The van der Waals surface area contributed by atoms with Crippen LogP contribution < -0.4 is 16.2 Å². The van der Waals surface area contributed by atoms with Crippen molar-refractivity contribution < 1.29 is 9.59 Å². The molecule has 2 N–H and O–H groups in total. The molecule has 2 amide bonds. The van der Waals surface area contributed by atoms with E-state index in [-0.39, 0.29) is 29.2 Å². The number of rotatable bonds is 8. The molecule has 1 saturated heterocycles. The third-order valence-corrected chi connectivity index (χ3v) is 10.1. The Labute approximate surface area is 267 Å². The molecule has 10 heteroatoms. The summed E-state index contributed by atoms with van der Waals surface area (Å²) in [7, 11) is 3.68.